The van der Waals surface area contributed by atoms with Gasteiger partial charge in [0.25, 0.3) is 0 Å². The van der Waals surface area contributed by atoms with E-state index in [9.17, 15) is 18.3 Å². The molecule has 1 aromatic carbocycles. The third kappa shape index (κ3) is 4.29. The molecule has 6 nitrogen and oxygen atoms in total. The Morgan fingerprint density at radius 1 is 0.862 bits per heavy atom. The summed E-state index contributed by atoms with van der Waals surface area (Å²) in [6, 6.07) is 8.33. The highest BCUT2D eigenvalue weighted by molar-refractivity contribution is 5.37. The number of alkyl halides is 3. The van der Waals surface area contributed by atoms with Gasteiger partial charge >= 0.3 is 6.36 Å². The number of aromatic nitrogens is 3. The van der Waals surface area contributed by atoms with Crippen LogP contribution in [0, 0.1) is 5.92 Å². The SMILES string of the molecule is OC(c1cncnc1)(c1ccc(Oc2ccc(OC(F)(F)F)cc2)cn1)C1CC1. The van der Waals surface area contributed by atoms with Crippen molar-refractivity contribution in [2.45, 2.75) is 24.8 Å². The largest absolute Gasteiger partial charge is 0.573 e. The van der Waals surface area contributed by atoms with Crippen LogP contribution in [-0.2, 0) is 5.60 Å². The van der Waals surface area contributed by atoms with Crippen molar-refractivity contribution in [3.63, 3.8) is 0 Å². The fourth-order valence-electron chi connectivity index (χ4n) is 3.10. The van der Waals surface area contributed by atoms with Gasteiger partial charge in [0.2, 0.25) is 0 Å². The lowest BCUT2D eigenvalue weighted by molar-refractivity contribution is -0.274. The maximum Gasteiger partial charge on any atom is 0.573 e. The van der Waals surface area contributed by atoms with E-state index in [4.69, 9.17) is 4.74 Å². The number of ether oxygens (including phenoxy) is 2. The molecule has 0 aliphatic heterocycles. The Morgan fingerprint density at radius 2 is 1.48 bits per heavy atom. The monoisotopic (exact) mass is 403 g/mol. The molecule has 1 N–H and O–H groups in total. The summed E-state index contributed by atoms with van der Waals surface area (Å²) in [5.41, 5.74) is -0.254. The molecule has 2 aromatic heterocycles. The summed E-state index contributed by atoms with van der Waals surface area (Å²) in [6.07, 6.45) is 2.99. The van der Waals surface area contributed by atoms with Gasteiger partial charge in [-0.25, -0.2) is 9.97 Å². The normalized spacial score (nSPS) is 16.1. The van der Waals surface area contributed by atoms with Crippen LogP contribution in [0.1, 0.15) is 24.1 Å². The minimum absolute atomic E-state index is 0.0361. The number of pyridine rings is 1. The van der Waals surface area contributed by atoms with Gasteiger partial charge in [-0.05, 0) is 55.2 Å². The van der Waals surface area contributed by atoms with Gasteiger partial charge in [-0.2, -0.15) is 0 Å². The standard InChI is InChI=1S/C20H16F3N3O3/c21-20(22,23)29-16-5-3-15(4-6-16)28-17-7-8-18(26-11-17)19(27,13-1-2-13)14-9-24-12-25-10-14/h3-13,27H,1-2H2. The quantitative estimate of drug-likeness (QED) is 0.665. The van der Waals surface area contributed by atoms with Crippen LogP contribution in [0.4, 0.5) is 13.2 Å². The molecule has 0 amide bonds. The summed E-state index contributed by atoms with van der Waals surface area (Å²) in [6.45, 7) is 0. The lowest BCUT2D eigenvalue weighted by Crippen LogP contribution is -2.31. The van der Waals surface area contributed by atoms with Crippen LogP contribution in [0.15, 0.2) is 61.3 Å². The molecule has 9 heteroatoms. The first-order valence-corrected chi connectivity index (χ1v) is 8.82. The van der Waals surface area contributed by atoms with Crippen LogP contribution in [0.25, 0.3) is 0 Å². The van der Waals surface area contributed by atoms with Crippen molar-refractivity contribution in [3.05, 3.63) is 72.6 Å². The first kappa shape index (κ1) is 19.1. The smallest absolute Gasteiger partial charge is 0.456 e. The number of nitrogens with zero attached hydrogens (tertiary/aromatic N) is 3. The molecule has 1 saturated carbocycles. The molecule has 0 bridgehead atoms. The lowest BCUT2D eigenvalue weighted by Gasteiger charge is -2.27. The third-order valence-electron chi connectivity index (χ3n) is 4.59. The Labute approximate surface area is 164 Å². The second kappa shape index (κ2) is 7.32. The summed E-state index contributed by atoms with van der Waals surface area (Å²) >= 11 is 0. The summed E-state index contributed by atoms with van der Waals surface area (Å²) in [4.78, 5) is 12.3. The number of aliphatic hydroxyl groups is 1. The summed E-state index contributed by atoms with van der Waals surface area (Å²) in [5, 5.41) is 11.3. The van der Waals surface area contributed by atoms with E-state index in [-0.39, 0.29) is 11.7 Å². The summed E-state index contributed by atoms with van der Waals surface area (Å²) in [7, 11) is 0. The number of benzene rings is 1. The third-order valence-corrected chi connectivity index (χ3v) is 4.59. The average Bonchev–Trinajstić information content (AvgIpc) is 3.55. The predicted octanol–water partition coefficient (Wildman–Crippen LogP) is 4.21. The van der Waals surface area contributed by atoms with Crippen LogP contribution < -0.4 is 9.47 Å². The van der Waals surface area contributed by atoms with Crippen LogP contribution in [0.3, 0.4) is 0 Å². The molecular formula is C20H16F3N3O3. The van der Waals surface area contributed by atoms with Gasteiger partial charge in [0.05, 0.1) is 11.9 Å². The van der Waals surface area contributed by atoms with Gasteiger partial charge < -0.3 is 14.6 Å². The van der Waals surface area contributed by atoms with E-state index in [1.807, 2.05) is 0 Å². The maximum absolute atomic E-state index is 12.2. The second-order valence-electron chi connectivity index (χ2n) is 6.67. The number of hydrogen-bond donors (Lipinski definition) is 1. The molecule has 0 saturated heterocycles. The van der Waals surface area contributed by atoms with Crippen molar-refractivity contribution in [2.24, 2.45) is 5.92 Å². The van der Waals surface area contributed by atoms with Gasteiger partial charge in [-0.1, -0.05) is 0 Å². The first-order chi connectivity index (χ1) is 13.8. The van der Waals surface area contributed by atoms with Crippen LogP contribution >= 0.6 is 0 Å². The molecule has 2 heterocycles. The van der Waals surface area contributed by atoms with Crippen molar-refractivity contribution in [2.75, 3.05) is 0 Å². The van der Waals surface area contributed by atoms with Crippen molar-refractivity contribution in [3.8, 4) is 17.2 Å². The fourth-order valence-corrected chi connectivity index (χ4v) is 3.10. The number of halogens is 3. The topological polar surface area (TPSA) is 77.4 Å². The molecule has 0 radical (unpaired) electrons. The highest BCUT2D eigenvalue weighted by Crippen LogP contribution is 2.48. The zero-order chi connectivity index (χ0) is 20.5. The minimum Gasteiger partial charge on any atom is -0.456 e. The molecule has 1 fully saturated rings. The highest BCUT2D eigenvalue weighted by Gasteiger charge is 2.48. The zero-order valence-electron chi connectivity index (χ0n) is 15.0. The Balaban J connectivity index is 1.50. The predicted molar refractivity (Wildman–Crippen MR) is 95.2 cm³/mol. The second-order valence-corrected chi connectivity index (χ2v) is 6.67. The van der Waals surface area contributed by atoms with Gasteiger partial charge in [-0.3, -0.25) is 4.98 Å². The van der Waals surface area contributed by atoms with Crippen molar-refractivity contribution < 1.29 is 27.8 Å². The molecule has 150 valence electrons. The molecule has 3 aromatic rings. The number of hydrogen-bond acceptors (Lipinski definition) is 6. The first-order valence-electron chi connectivity index (χ1n) is 8.82. The van der Waals surface area contributed by atoms with Gasteiger partial charge in [-0.15, -0.1) is 13.2 Å². The van der Waals surface area contributed by atoms with E-state index in [0.717, 1.165) is 25.0 Å². The Hall–Kier alpha value is -3.20. The average molecular weight is 403 g/mol. The van der Waals surface area contributed by atoms with E-state index < -0.39 is 12.0 Å². The van der Waals surface area contributed by atoms with E-state index in [0.29, 0.717) is 22.8 Å². The molecule has 29 heavy (non-hydrogen) atoms. The van der Waals surface area contributed by atoms with Crippen LogP contribution in [0.2, 0.25) is 0 Å². The fraction of sp³-hybridized carbons (Fsp3) is 0.250. The molecule has 1 aliphatic rings. The highest BCUT2D eigenvalue weighted by atomic mass is 19.4. The van der Waals surface area contributed by atoms with Gasteiger partial charge in [0, 0.05) is 18.0 Å². The zero-order valence-corrected chi connectivity index (χ0v) is 15.0. The van der Waals surface area contributed by atoms with E-state index in [2.05, 4.69) is 19.7 Å². The molecule has 1 aliphatic carbocycles. The molecule has 4 rings (SSSR count). The lowest BCUT2D eigenvalue weighted by atomic mass is 9.87. The Kier molecular flexibility index (Phi) is 4.83. The molecular weight excluding hydrogens is 387 g/mol. The van der Waals surface area contributed by atoms with E-state index in [1.54, 1.807) is 24.5 Å². The summed E-state index contributed by atoms with van der Waals surface area (Å²) in [5.74, 6) is 0.399. The Bertz CT molecular complexity index is 962. The van der Waals surface area contributed by atoms with Crippen LogP contribution in [-0.4, -0.2) is 26.4 Å². The van der Waals surface area contributed by atoms with Crippen molar-refractivity contribution in [1.29, 1.82) is 0 Å². The number of rotatable bonds is 6. The van der Waals surface area contributed by atoms with E-state index >= 15 is 0 Å². The minimum atomic E-state index is -4.75. The van der Waals surface area contributed by atoms with Crippen molar-refractivity contribution in [1.82, 2.24) is 15.0 Å². The maximum atomic E-state index is 12.2. The Morgan fingerprint density at radius 3 is 2.03 bits per heavy atom. The van der Waals surface area contributed by atoms with Crippen LogP contribution in [0.5, 0.6) is 17.2 Å². The van der Waals surface area contributed by atoms with E-state index in [1.165, 1.54) is 24.7 Å². The summed E-state index contributed by atoms with van der Waals surface area (Å²) < 4.78 is 46.1. The molecule has 0 spiro atoms. The molecule has 1 unspecified atom stereocenters. The van der Waals surface area contributed by atoms with Gasteiger partial charge in [0.1, 0.15) is 29.2 Å². The van der Waals surface area contributed by atoms with Gasteiger partial charge in [0.15, 0.2) is 0 Å². The van der Waals surface area contributed by atoms with Crippen molar-refractivity contribution >= 4 is 0 Å². The molecule has 1 atom stereocenters.